The van der Waals surface area contributed by atoms with Crippen LogP contribution >= 0.6 is 0 Å². The molecule has 0 atom stereocenters. The van der Waals surface area contributed by atoms with E-state index in [0.29, 0.717) is 18.3 Å². The molecule has 1 aromatic rings. The van der Waals surface area contributed by atoms with Crippen molar-refractivity contribution in [3.8, 4) is 6.07 Å². The normalized spacial score (nSPS) is 10.7. The zero-order valence-corrected chi connectivity index (χ0v) is 9.85. The lowest BCUT2D eigenvalue weighted by molar-refractivity contribution is 0.217. The number of hydrogen-bond acceptors (Lipinski definition) is 4. The molecule has 0 spiro atoms. The molecule has 4 nitrogen and oxygen atoms in total. The van der Waals surface area contributed by atoms with Crippen molar-refractivity contribution >= 4 is 5.82 Å². The summed E-state index contributed by atoms with van der Waals surface area (Å²) in [5.74, 6) is 0.539. The van der Waals surface area contributed by atoms with Gasteiger partial charge in [0.15, 0.2) is 0 Å². The second-order valence-corrected chi connectivity index (χ2v) is 4.06. The Hall–Kier alpha value is -1.60. The number of nitrogen functional groups attached to an aromatic ring is 1. The number of anilines is 1. The van der Waals surface area contributed by atoms with Gasteiger partial charge >= 0.3 is 0 Å². The maximum absolute atomic E-state index is 8.59. The SMILES string of the molecule is CC(C)N(CCC#N)Cc1ccc(N)nc1. The van der Waals surface area contributed by atoms with E-state index in [0.717, 1.165) is 18.7 Å². The van der Waals surface area contributed by atoms with E-state index < -0.39 is 0 Å². The first-order valence-electron chi connectivity index (χ1n) is 5.45. The summed E-state index contributed by atoms with van der Waals surface area (Å²) >= 11 is 0. The minimum atomic E-state index is 0.422. The second-order valence-electron chi connectivity index (χ2n) is 4.06. The van der Waals surface area contributed by atoms with Crippen LogP contribution in [0.4, 0.5) is 5.82 Å². The van der Waals surface area contributed by atoms with Crippen LogP contribution in [0.25, 0.3) is 0 Å². The molecule has 0 fully saturated rings. The van der Waals surface area contributed by atoms with Crippen LogP contribution in [0.5, 0.6) is 0 Å². The fourth-order valence-electron chi connectivity index (χ4n) is 1.48. The molecular formula is C12H18N4. The molecular weight excluding hydrogens is 200 g/mol. The summed E-state index contributed by atoms with van der Waals surface area (Å²) in [7, 11) is 0. The average Bonchev–Trinajstić information content (AvgIpc) is 2.26. The van der Waals surface area contributed by atoms with Gasteiger partial charge in [-0.1, -0.05) is 6.07 Å². The Bertz CT molecular complexity index is 350. The lowest BCUT2D eigenvalue weighted by Crippen LogP contribution is -2.31. The Balaban J connectivity index is 2.61. The number of nitrogens with two attached hydrogens (primary N) is 1. The Morgan fingerprint density at radius 1 is 1.50 bits per heavy atom. The molecule has 0 saturated carbocycles. The van der Waals surface area contributed by atoms with Gasteiger partial charge in [-0.05, 0) is 25.5 Å². The van der Waals surface area contributed by atoms with Gasteiger partial charge in [-0.15, -0.1) is 0 Å². The molecule has 0 aliphatic rings. The first kappa shape index (κ1) is 12.5. The van der Waals surface area contributed by atoms with Crippen molar-refractivity contribution in [3.05, 3.63) is 23.9 Å². The van der Waals surface area contributed by atoms with E-state index >= 15 is 0 Å². The van der Waals surface area contributed by atoms with Gasteiger partial charge in [0.1, 0.15) is 5.82 Å². The summed E-state index contributed by atoms with van der Waals surface area (Å²) in [5, 5.41) is 8.59. The predicted octanol–water partition coefficient (Wildman–Crippen LogP) is 1.79. The molecule has 0 saturated heterocycles. The second kappa shape index (κ2) is 6.09. The van der Waals surface area contributed by atoms with E-state index in [1.54, 1.807) is 12.3 Å². The van der Waals surface area contributed by atoms with E-state index in [2.05, 4.69) is 29.8 Å². The van der Waals surface area contributed by atoms with Crippen LogP contribution in [0.2, 0.25) is 0 Å². The number of pyridine rings is 1. The first-order valence-corrected chi connectivity index (χ1v) is 5.45. The quantitative estimate of drug-likeness (QED) is 0.818. The van der Waals surface area contributed by atoms with E-state index in [4.69, 9.17) is 11.0 Å². The van der Waals surface area contributed by atoms with Crippen LogP contribution in [-0.4, -0.2) is 22.5 Å². The van der Waals surface area contributed by atoms with Crippen LogP contribution < -0.4 is 5.73 Å². The van der Waals surface area contributed by atoms with E-state index in [1.807, 2.05) is 6.07 Å². The Morgan fingerprint density at radius 2 is 2.25 bits per heavy atom. The highest BCUT2D eigenvalue weighted by Crippen LogP contribution is 2.09. The predicted molar refractivity (Wildman–Crippen MR) is 64.4 cm³/mol. The third-order valence-electron chi connectivity index (χ3n) is 2.47. The lowest BCUT2D eigenvalue weighted by atomic mass is 10.2. The summed E-state index contributed by atoms with van der Waals surface area (Å²) in [4.78, 5) is 6.30. The zero-order chi connectivity index (χ0) is 12.0. The van der Waals surface area contributed by atoms with Crippen molar-refractivity contribution in [1.82, 2.24) is 9.88 Å². The van der Waals surface area contributed by atoms with Gasteiger partial charge in [0.25, 0.3) is 0 Å². The van der Waals surface area contributed by atoms with Gasteiger partial charge in [0.05, 0.1) is 6.07 Å². The zero-order valence-electron chi connectivity index (χ0n) is 9.85. The van der Waals surface area contributed by atoms with Gasteiger partial charge in [-0.2, -0.15) is 5.26 Å². The van der Waals surface area contributed by atoms with Crippen molar-refractivity contribution in [2.45, 2.75) is 32.9 Å². The monoisotopic (exact) mass is 218 g/mol. The molecule has 1 heterocycles. The molecule has 86 valence electrons. The fourth-order valence-corrected chi connectivity index (χ4v) is 1.48. The molecule has 0 unspecified atom stereocenters. The maximum Gasteiger partial charge on any atom is 0.123 e. The van der Waals surface area contributed by atoms with Crippen LogP contribution in [0.15, 0.2) is 18.3 Å². The number of hydrogen-bond donors (Lipinski definition) is 1. The highest BCUT2D eigenvalue weighted by atomic mass is 15.1. The van der Waals surface area contributed by atoms with Crippen molar-refractivity contribution in [2.75, 3.05) is 12.3 Å². The molecule has 0 aliphatic heterocycles. The van der Waals surface area contributed by atoms with Gasteiger partial charge in [0.2, 0.25) is 0 Å². The molecule has 0 aromatic carbocycles. The smallest absolute Gasteiger partial charge is 0.123 e. The van der Waals surface area contributed by atoms with Crippen molar-refractivity contribution < 1.29 is 0 Å². The molecule has 0 radical (unpaired) electrons. The van der Waals surface area contributed by atoms with Crippen LogP contribution in [-0.2, 0) is 6.54 Å². The average molecular weight is 218 g/mol. The topological polar surface area (TPSA) is 65.9 Å². The largest absolute Gasteiger partial charge is 0.384 e. The van der Waals surface area contributed by atoms with E-state index in [-0.39, 0.29) is 0 Å². The highest BCUT2D eigenvalue weighted by Gasteiger charge is 2.09. The Kier molecular flexibility index (Phi) is 4.74. The third-order valence-corrected chi connectivity index (χ3v) is 2.47. The van der Waals surface area contributed by atoms with Gasteiger partial charge in [-0.25, -0.2) is 4.98 Å². The number of nitriles is 1. The molecule has 2 N–H and O–H groups in total. The summed E-state index contributed by atoms with van der Waals surface area (Å²) < 4.78 is 0. The van der Waals surface area contributed by atoms with Gasteiger partial charge in [-0.3, -0.25) is 4.90 Å². The van der Waals surface area contributed by atoms with Crippen LogP contribution in [0.3, 0.4) is 0 Å². The maximum atomic E-state index is 8.59. The van der Waals surface area contributed by atoms with Crippen molar-refractivity contribution in [2.24, 2.45) is 0 Å². The van der Waals surface area contributed by atoms with Crippen molar-refractivity contribution in [3.63, 3.8) is 0 Å². The summed E-state index contributed by atoms with van der Waals surface area (Å²) in [6.07, 6.45) is 2.34. The van der Waals surface area contributed by atoms with Crippen LogP contribution in [0, 0.1) is 11.3 Å². The van der Waals surface area contributed by atoms with E-state index in [1.165, 1.54) is 0 Å². The summed E-state index contributed by atoms with van der Waals surface area (Å²) in [6, 6.07) is 6.37. The lowest BCUT2D eigenvalue weighted by Gasteiger charge is -2.25. The number of rotatable bonds is 5. The number of nitrogens with zero attached hydrogens (tertiary/aromatic N) is 3. The standard InChI is InChI=1S/C12H18N4/c1-10(2)16(7-3-6-13)9-11-4-5-12(14)15-8-11/h4-5,8,10H,3,7,9H2,1-2H3,(H2,14,15). The number of aromatic nitrogens is 1. The highest BCUT2D eigenvalue weighted by molar-refractivity contribution is 5.29. The van der Waals surface area contributed by atoms with Crippen molar-refractivity contribution in [1.29, 1.82) is 5.26 Å². The first-order chi connectivity index (χ1) is 7.63. The Morgan fingerprint density at radius 3 is 2.75 bits per heavy atom. The third kappa shape index (κ3) is 3.87. The minimum Gasteiger partial charge on any atom is -0.384 e. The van der Waals surface area contributed by atoms with E-state index in [9.17, 15) is 0 Å². The molecule has 1 rings (SSSR count). The summed E-state index contributed by atoms with van der Waals surface area (Å²) in [6.45, 7) is 5.86. The molecule has 0 bridgehead atoms. The van der Waals surface area contributed by atoms with Crippen LogP contribution in [0.1, 0.15) is 25.8 Å². The molecule has 0 amide bonds. The summed E-state index contributed by atoms with van der Waals surface area (Å²) in [5.41, 5.74) is 6.66. The minimum absolute atomic E-state index is 0.422. The fraction of sp³-hybridized carbons (Fsp3) is 0.500. The molecule has 4 heteroatoms. The Labute approximate surface area is 96.7 Å². The van der Waals surface area contributed by atoms with Gasteiger partial charge < -0.3 is 5.73 Å². The molecule has 1 aromatic heterocycles. The molecule has 16 heavy (non-hydrogen) atoms. The molecule has 0 aliphatic carbocycles. The van der Waals surface area contributed by atoms with Gasteiger partial charge in [0, 0.05) is 31.7 Å².